The molecule has 5 nitrogen and oxygen atoms in total. The van der Waals surface area contributed by atoms with E-state index in [1.165, 1.54) is 24.0 Å². The molecule has 1 saturated heterocycles. The molecule has 3 heterocycles. The fourth-order valence-electron chi connectivity index (χ4n) is 3.65. The van der Waals surface area contributed by atoms with Crippen molar-refractivity contribution in [2.75, 3.05) is 13.1 Å². The standard InChI is InChI=1S/C18H22N4O/c23-18-8-16-5-1-2-6-17(16)20-22(18)13-15-11-21(12-15)10-14-4-3-7-19-9-14/h3-4,7-9,15H,1-2,5-6,10-13H2. The van der Waals surface area contributed by atoms with Gasteiger partial charge in [0, 0.05) is 44.0 Å². The summed E-state index contributed by atoms with van der Waals surface area (Å²) < 4.78 is 1.69. The predicted octanol–water partition coefficient (Wildman–Crippen LogP) is 1.65. The van der Waals surface area contributed by atoms with Gasteiger partial charge in [0.25, 0.3) is 5.56 Å². The third kappa shape index (κ3) is 3.20. The molecule has 0 aromatic carbocycles. The fraction of sp³-hybridized carbons (Fsp3) is 0.500. The van der Waals surface area contributed by atoms with Gasteiger partial charge in [0.1, 0.15) is 0 Å². The molecule has 23 heavy (non-hydrogen) atoms. The molecule has 0 amide bonds. The lowest BCUT2D eigenvalue weighted by molar-refractivity contribution is 0.0763. The Hall–Kier alpha value is -2.01. The second-order valence-corrected chi connectivity index (χ2v) is 6.77. The van der Waals surface area contributed by atoms with Crippen molar-refractivity contribution in [3.63, 3.8) is 0 Å². The van der Waals surface area contributed by atoms with Crippen molar-refractivity contribution in [3.05, 3.63) is 57.8 Å². The van der Waals surface area contributed by atoms with Crippen molar-refractivity contribution in [1.82, 2.24) is 19.7 Å². The van der Waals surface area contributed by atoms with E-state index in [2.05, 4.69) is 21.0 Å². The molecule has 0 radical (unpaired) electrons. The highest BCUT2D eigenvalue weighted by Gasteiger charge is 2.27. The summed E-state index contributed by atoms with van der Waals surface area (Å²) in [7, 11) is 0. The summed E-state index contributed by atoms with van der Waals surface area (Å²) in [6.45, 7) is 3.74. The van der Waals surface area contributed by atoms with Gasteiger partial charge in [-0.15, -0.1) is 0 Å². The van der Waals surface area contributed by atoms with Crippen LogP contribution in [-0.2, 0) is 25.9 Å². The first-order chi connectivity index (χ1) is 11.3. The van der Waals surface area contributed by atoms with Crippen LogP contribution in [0.2, 0.25) is 0 Å². The summed E-state index contributed by atoms with van der Waals surface area (Å²) >= 11 is 0. The summed E-state index contributed by atoms with van der Waals surface area (Å²) in [4.78, 5) is 18.8. The Morgan fingerprint density at radius 1 is 1.22 bits per heavy atom. The maximum absolute atomic E-state index is 12.2. The first-order valence-corrected chi connectivity index (χ1v) is 8.49. The number of hydrogen-bond donors (Lipinski definition) is 0. The molecule has 0 saturated carbocycles. The molecule has 2 aromatic rings. The van der Waals surface area contributed by atoms with Gasteiger partial charge in [0.15, 0.2) is 0 Å². The van der Waals surface area contributed by atoms with Crippen molar-refractivity contribution in [2.45, 2.75) is 38.8 Å². The Kier molecular flexibility index (Phi) is 3.95. The van der Waals surface area contributed by atoms with Gasteiger partial charge < -0.3 is 0 Å². The Balaban J connectivity index is 1.36. The molecule has 1 aliphatic carbocycles. The highest BCUT2D eigenvalue weighted by Crippen LogP contribution is 2.21. The first kappa shape index (κ1) is 14.6. The molecule has 120 valence electrons. The van der Waals surface area contributed by atoms with Crippen molar-refractivity contribution < 1.29 is 0 Å². The second kappa shape index (κ2) is 6.24. The van der Waals surface area contributed by atoms with Gasteiger partial charge >= 0.3 is 0 Å². The lowest BCUT2D eigenvalue weighted by atomic mass is 9.96. The lowest BCUT2D eigenvalue weighted by Gasteiger charge is -2.39. The number of hydrogen-bond acceptors (Lipinski definition) is 4. The smallest absolute Gasteiger partial charge is 0.267 e. The number of aryl methyl sites for hydroxylation is 2. The minimum Gasteiger partial charge on any atom is -0.298 e. The molecule has 0 atom stereocenters. The zero-order chi connectivity index (χ0) is 15.6. The van der Waals surface area contributed by atoms with Crippen LogP contribution in [0.1, 0.15) is 29.7 Å². The van der Waals surface area contributed by atoms with Gasteiger partial charge in [-0.2, -0.15) is 5.10 Å². The number of rotatable bonds is 4. The van der Waals surface area contributed by atoms with Crippen molar-refractivity contribution in [3.8, 4) is 0 Å². The van der Waals surface area contributed by atoms with Gasteiger partial charge in [-0.25, -0.2) is 4.68 Å². The number of pyridine rings is 1. The Bertz CT molecular complexity index is 734. The number of aromatic nitrogens is 3. The average Bonchev–Trinajstić information content (AvgIpc) is 2.54. The zero-order valence-corrected chi connectivity index (χ0v) is 13.3. The summed E-state index contributed by atoms with van der Waals surface area (Å²) in [6.07, 6.45) is 8.14. The summed E-state index contributed by atoms with van der Waals surface area (Å²) in [5, 5.41) is 4.62. The number of nitrogens with zero attached hydrogens (tertiary/aromatic N) is 4. The van der Waals surface area contributed by atoms with E-state index in [0.717, 1.165) is 44.7 Å². The minimum absolute atomic E-state index is 0.0661. The fourth-order valence-corrected chi connectivity index (χ4v) is 3.65. The average molecular weight is 310 g/mol. The SMILES string of the molecule is O=c1cc2c(nn1CC1CN(Cc3cccnc3)C1)CCCC2. The molecule has 0 N–H and O–H groups in total. The predicted molar refractivity (Wildman–Crippen MR) is 88.1 cm³/mol. The van der Waals surface area contributed by atoms with E-state index in [9.17, 15) is 4.79 Å². The van der Waals surface area contributed by atoms with Crippen LogP contribution >= 0.6 is 0 Å². The zero-order valence-electron chi connectivity index (χ0n) is 13.3. The van der Waals surface area contributed by atoms with Gasteiger partial charge in [0.05, 0.1) is 12.2 Å². The quantitative estimate of drug-likeness (QED) is 0.861. The normalized spacial score (nSPS) is 18.4. The third-order valence-corrected chi connectivity index (χ3v) is 4.87. The topological polar surface area (TPSA) is 51.0 Å². The molecule has 0 unspecified atom stereocenters. The van der Waals surface area contributed by atoms with Gasteiger partial charge in [-0.1, -0.05) is 6.07 Å². The van der Waals surface area contributed by atoms with Crippen LogP contribution in [0.3, 0.4) is 0 Å². The van der Waals surface area contributed by atoms with Gasteiger partial charge in [-0.05, 0) is 42.9 Å². The van der Waals surface area contributed by atoms with E-state index in [1.807, 2.05) is 18.3 Å². The van der Waals surface area contributed by atoms with Crippen LogP contribution in [-0.4, -0.2) is 32.8 Å². The Morgan fingerprint density at radius 2 is 2.09 bits per heavy atom. The van der Waals surface area contributed by atoms with Gasteiger partial charge in [0.2, 0.25) is 0 Å². The van der Waals surface area contributed by atoms with E-state index < -0.39 is 0 Å². The number of fused-ring (bicyclic) bond motifs is 1. The molecule has 0 spiro atoms. The largest absolute Gasteiger partial charge is 0.298 e. The van der Waals surface area contributed by atoms with Crippen LogP contribution < -0.4 is 5.56 Å². The molecule has 1 fully saturated rings. The summed E-state index contributed by atoms with van der Waals surface area (Å²) in [6, 6.07) is 5.90. The van der Waals surface area contributed by atoms with E-state index in [4.69, 9.17) is 0 Å². The van der Waals surface area contributed by atoms with Crippen LogP contribution in [0.15, 0.2) is 35.4 Å². The van der Waals surface area contributed by atoms with E-state index in [0.29, 0.717) is 5.92 Å². The molecule has 2 aliphatic rings. The monoisotopic (exact) mass is 310 g/mol. The molecular formula is C18H22N4O. The van der Waals surface area contributed by atoms with Crippen LogP contribution in [0.4, 0.5) is 0 Å². The first-order valence-electron chi connectivity index (χ1n) is 8.49. The molecule has 1 aliphatic heterocycles. The highest BCUT2D eigenvalue weighted by molar-refractivity contribution is 5.20. The molecular weight excluding hydrogens is 288 g/mol. The lowest BCUT2D eigenvalue weighted by Crippen LogP contribution is -2.49. The molecule has 5 heteroatoms. The Morgan fingerprint density at radius 3 is 2.91 bits per heavy atom. The highest BCUT2D eigenvalue weighted by atomic mass is 16.1. The third-order valence-electron chi connectivity index (χ3n) is 4.87. The van der Waals surface area contributed by atoms with Crippen molar-refractivity contribution >= 4 is 0 Å². The van der Waals surface area contributed by atoms with Crippen molar-refractivity contribution in [1.29, 1.82) is 0 Å². The summed E-state index contributed by atoms with van der Waals surface area (Å²) in [5.41, 5.74) is 3.62. The minimum atomic E-state index is 0.0661. The van der Waals surface area contributed by atoms with E-state index in [-0.39, 0.29) is 5.56 Å². The van der Waals surface area contributed by atoms with Crippen LogP contribution in [0.5, 0.6) is 0 Å². The van der Waals surface area contributed by atoms with Crippen LogP contribution in [0.25, 0.3) is 0 Å². The maximum atomic E-state index is 12.2. The summed E-state index contributed by atoms with van der Waals surface area (Å²) in [5.74, 6) is 0.526. The van der Waals surface area contributed by atoms with Crippen LogP contribution in [0, 0.1) is 5.92 Å². The van der Waals surface area contributed by atoms with E-state index >= 15 is 0 Å². The molecule has 2 aromatic heterocycles. The second-order valence-electron chi connectivity index (χ2n) is 6.77. The van der Waals surface area contributed by atoms with Crippen molar-refractivity contribution in [2.24, 2.45) is 5.92 Å². The van der Waals surface area contributed by atoms with E-state index in [1.54, 1.807) is 10.9 Å². The van der Waals surface area contributed by atoms with Gasteiger partial charge in [-0.3, -0.25) is 14.7 Å². The maximum Gasteiger partial charge on any atom is 0.267 e. The molecule has 4 rings (SSSR count). The number of likely N-dealkylation sites (tertiary alicyclic amines) is 1. The molecule has 0 bridgehead atoms. The Labute approximate surface area is 136 Å².